The Hall–Kier alpha value is -6.47. The van der Waals surface area contributed by atoms with Gasteiger partial charge in [-0.15, -0.1) is 0 Å². The number of carbonyl (C=O) groups excluding carboxylic acids is 4. The SMILES string of the molecule is CC(Cc1ccccc1)NC(=O)CN1SN(CC(=O)NCC=O)c2ccccc21.CCc1ccccc1.COc1ccc(N(C)C)cc1.COc1ccc(N(C)C=O)cc1. The number of nitrogens with one attached hydrogen (secondary N) is 2. The minimum atomic E-state index is -0.248. The summed E-state index contributed by atoms with van der Waals surface area (Å²) in [5, 5.41) is 5.57. The number of methoxy groups -OCH3 is 2. The van der Waals surface area contributed by atoms with Crippen LogP contribution in [-0.2, 0) is 32.0 Å². The highest BCUT2D eigenvalue weighted by molar-refractivity contribution is 8.02. The Morgan fingerprint density at radius 1 is 0.667 bits per heavy atom. The van der Waals surface area contributed by atoms with E-state index in [-0.39, 0.29) is 37.5 Å². The van der Waals surface area contributed by atoms with E-state index in [1.54, 1.807) is 21.3 Å². The largest absolute Gasteiger partial charge is 0.497 e. The third-order valence-electron chi connectivity index (χ3n) is 8.84. The highest BCUT2D eigenvalue weighted by Crippen LogP contribution is 2.43. The molecule has 1 heterocycles. The van der Waals surface area contributed by atoms with E-state index < -0.39 is 0 Å². The first-order chi connectivity index (χ1) is 29.0. The number of nitrogens with zero attached hydrogens (tertiary/aromatic N) is 4. The minimum Gasteiger partial charge on any atom is -0.497 e. The van der Waals surface area contributed by atoms with Gasteiger partial charge in [0.15, 0.2) is 0 Å². The lowest BCUT2D eigenvalue weighted by Crippen LogP contribution is -2.40. The van der Waals surface area contributed by atoms with E-state index in [1.165, 1.54) is 33.8 Å². The molecule has 0 bridgehead atoms. The Balaban J connectivity index is 0.000000252. The normalized spacial score (nSPS) is 11.3. The van der Waals surface area contributed by atoms with Gasteiger partial charge in [-0.2, -0.15) is 0 Å². The topological polar surface area (TPSA) is 124 Å². The van der Waals surface area contributed by atoms with Gasteiger partial charge in [0, 0.05) is 38.6 Å². The molecule has 6 rings (SSSR count). The van der Waals surface area contributed by atoms with Gasteiger partial charge >= 0.3 is 0 Å². The van der Waals surface area contributed by atoms with Crippen LogP contribution in [0.25, 0.3) is 0 Å². The molecule has 5 aromatic rings. The van der Waals surface area contributed by atoms with E-state index in [2.05, 4.69) is 46.7 Å². The van der Waals surface area contributed by atoms with Gasteiger partial charge in [0.2, 0.25) is 18.2 Å². The Labute approximate surface area is 359 Å². The van der Waals surface area contributed by atoms with Crippen molar-refractivity contribution >= 4 is 59.4 Å². The zero-order chi connectivity index (χ0) is 43.7. The monoisotopic (exact) mass is 834 g/mol. The number of hydrogen-bond acceptors (Lipinski definition) is 10. The molecule has 13 heteroatoms. The number of amides is 3. The lowest BCUT2D eigenvalue weighted by Gasteiger charge is -2.20. The van der Waals surface area contributed by atoms with E-state index in [1.807, 2.05) is 139 Å². The van der Waals surface area contributed by atoms with Crippen LogP contribution in [0.5, 0.6) is 11.5 Å². The summed E-state index contributed by atoms with van der Waals surface area (Å²) < 4.78 is 13.7. The maximum Gasteiger partial charge on any atom is 0.241 e. The van der Waals surface area contributed by atoms with Crippen molar-refractivity contribution in [3.8, 4) is 11.5 Å². The number of fused-ring (bicyclic) bond motifs is 1. The smallest absolute Gasteiger partial charge is 0.241 e. The number of ether oxygens (including phenoxy) is 2. The van der Waals surface area contributed by atoms with Crippen molar-refractivity contribution < 1.29 is 28.7 Å². The van der Waals surface area contributed by atoms with Crippen molar-refractivity contribution in [1.29, 1.82) is 0 Å². The molecule has 0 saturated heterocycles. The second-order valence-electron chi connectivity index (χ2n) is 13.6. The molecular formula is C47H58N6O6S. The molecule has 0 aliphatic carbocycles. The summed E-state index contributed by atoms with van der Waals surface area (Å²) in [4.78, 5) is 48.9. The van der Waals surface area contributed by atoms with E-state index in [0.717, 1.165) is 47.8 Å². The number of aryl methyl sites for hydroxylation is 1. The summed E-state index contributed by atoms with van der Waals surface area (Å²) in [6.45, 7) is 4.41. The lowest BCUT2D eigenvalue weighted by atomic mass is 10.1. The molecule has 60 heavy (non-hydrogen) atoms. The van der Waals surface area contributed by atoms with Crippen molar-refractivity contribution in [1.82, 2.24) is 10.6 Å². The molecule has 5 aromatic carbocycles. The fourth-order valence-corrected chi connectivity index (χ4v) is 6.68. The molecule has 1 unspecified atom stereocenters. The molecule has 0 aromatic heterocycles. The van der Waals surface area contributed by atoms with Gasteiger partial charge in [-0.1, -0.05) is 79.7 Å². The van der Waals surface area contributed by atoms with Gasteiger partial charge in [-0.05, 0) is 91.6 Å². The van der Waals surface area contributed by atoms with Crippen molar-refractivity contribution in [2.45, 2.75) is 32.7 Å². The van der Waals surface area contributed by atoms with Crippen LogP contribution in [0.4, 0.5) is 22.7 Å². The fourth-order valence-electron chi connectivity index (χ4n) is 5.60. The van der Waals surface area contributed by atoms with Crippen LogP contribution in [0, 0.1) is 0 Å². The zero-order valence-electron chi connectivity index (χ0n) is 35.6. The molecule has 12 nitrogen and oxygen atoms in total. The third-order valence-corrected chi connectivity index (χ3v) is 9.89. The minimum absolute atomic E-state index is 0.00951. The van der Waals surface area contributed by atoms with Crippen molar-refractivity contribution in [3.63, 3.8) is 0 Å². The first kappa shape index (κ1) is 47.9. The van der Waals surface area contributed by atoms with Crippen molar-refractivity contribution in [2.75, 3.05) is 73.4 Å². The van der Waals surface area contributed by atoms with Crippen LogP contribution in [0.15, 0.2) is 133 Å². The van der Waals surface area contributed by atoms with Gasteiger partial charge in [0.05, 0.1) is 44.3 Å². The molecule has 0 spiro atoms. The standard InChI is InChI=1S/C21H24N4O3S.C9H11NO2.C9H13NO.C8H10/c1-16(13-17-7-3-2-4-8-17)23-21(28)15-25-19-10-6-5-9-18(19)24(29-25)14-20(27)22-11-12-26;1-10(7-11)8-3-5-9(12-2)6-4-8;1-10(2)8-4-6-9(11-3)7-5-8;1-2-8-6-4-3-5-7-8/h2-10,12,16H,11,13-15H2,1H3,(H,22,27)(H,23,28);3-7H,1-2H3;4-7H,1-3H3;3-7H,2H2,1H3. The van der Waals surface area contributed by atoms with E-state index >= 15 is 0 Å². The summed E-state index contributed by atoms with van der Waals surface area (Å²) in [5.74, 6) is 1.36. The van der Waals surface area contributed by atoms with E-state index in [9.17, 15) is 19.2 Å². The van der Waals surface area contributed by atoms with Gasteiger partial charge < -0.3 is 34.7 Å². The van der Waals surface area contributed by atoms with Gasteiger partial charge in [0.25, 0.3) is 0 Å². The predicted octanol–water partition coefficient (Wildman–Crippen LogP) is 7.24. The zero-order valence-corrected chi connectivity index (χ0v) is 36.4. The van der Waals surface area contributed by atoms with Crippen LogP contribution in [0.1, 0.15) is 25.0 Å². The first-order valence-electron chi connectivity index (χ1n) is 19.5. The average Bonchev–Trinajstić information content (AvgIpc) is 3.62. The molecule has 2 N–H and O–H groups in total. The number of rotatable bonds is 15. The fraction of sp³-hybridized carbons (Fsp3) is 0.277. The predicted molar refractivity (Wildman–Crippen MR) is 246 cm³/mol. The number of hydrogen-bond donors (Lipinski definition) is 2. The average molecular weight is 835 g/mol. The van der Waals surface area contributed by atoms with Gasteiger partial charge in [0.1, 0.15) is 30.9 Å². The van der Waals surface area contributed by atoms with E-state index in [0.29, 0.717) is 6.29 Å². The van der Waals surface area contributed by atoms with E-state index in [4.69, 9.17) is 9.47 Å². The third kappa shape index (κ3) is 16.8. The maximum absolute atomic E-state index is 12.6. The van der Waals surface area contributed by atoms with Crippen LogP contribution in [0.2, 0.25) is 0 Å². The van der Waals surface area contributed by atoms with Crippen molar-refractivity contribution in [2.24, 2.45) is 0 Å². The van der Waals surface area contributed by atoms with Crippen molar-refractivity contribution in [3.05, 3.63) is 145 Å². The van der Waals surface area contributed by atoms with Crippen LogP contribution < -0.4 is 38.5 Å². The molecule has 318 valence electrons. The summed E-state index contributed by atoms with van der Waals surface area (Å²) in [5.41, 5.74) is 6.37. The maximum atomic E-state index is 12.6. The summed E-state index contributed by atoms with van der Waals surface area (Å²) >= 11 is 1.32. The number of carbonyl (C=O) groups is 4. The second kappa shape index (κ2) is 26.5. The van der Waals surface area contributed by atoms with Crippen LogP contribution in [-0.4, -0.2) is 85.5 Å². The second-order valence-corrected chi connectivity index (χ2v) is 14.7. The summed E-state index contributed by atoms with van der Waals surface area (Å²) in [6.07, 6.45) is 3.32. The van der Waals surface area contributed by atoms with Crippen LogP contribution in [0.3, 0.4) is 0 Å². The Kier molecular flexibility index (Phi) is 21.2. The molecular weight excluding hydrogens is 777 g/mol. The number of benzene rings is 5. The summed E-state index contributed by atoms with van der Waals surface area (Å²) in [6, 6.07) is 43.4. The number of anilines is 4. The quantitative estimate of drug-likeness (QED) is 0.0825. The Bertz CT molecular complexity index is 2000. The highest BCUT2D eigenvalue weighted by Gasteiger charge is 2.30. The molecule has 0 saturated carbocycles. The molecule has 1 aliphatic heterocycles. The molecule has 0 fully saturated rings. The van der Waals surface area contributed by atoms with Gasteiger partial charge in [-0.3, -0.25) is 23.0 Å². The highest BCUT2D eigenvalue weighted by atomic mass is 32.2. The number of para-hydroxylation sites is 2. The molecule has 3 amide bonds. The number of aldehydes is 1. The Morgan fingerprint density at radius 3 is 1.57 bits per heavy atom. The van der Waals surface area contributed by atoms with Crippen LogP contribution >= 0.6 is 12.1 Å². The first-order valence-corrected chi connectivity index (χ1v) is 20.3. The molecule has 1 atom stereocenters. The Morgan fingerprint density at radius 2 is 1.13 bits per heavy atom. The molecule has 0 radical (unpaired) electrons. The lowest BCUT2D eigenvalue weighted by molar-refractivity contribution is -0.121. The molecule has 1 aliphatic rings. The summed E-state index contributed by atoms with van der Waals surface area (Å²) in [7, 11) is 9.02. The van der Waals surface area contributed by atoms with Gasteiger partial charge in [-0.25, -0.2) is 0 Å².